The highest BCUT2D eigenvalue weighted by molar-refractivity contribution is 9.10. The van der Waals surface area contributed by atoms with Crippen molar-refractivity contribution in [2.24, 2.45) is 5.73 Å². The summed E-state index contributed by atoms with van der Waals surface area (Å²) < 4.78 is 14.6. The first kappa shape index (κ1) is 15.0. The molecule has 0 amide bonds. The van der Waals surface area contributed by atoms with E-state index in [0.29, 0.717) is 12.0 Å². The third-order valence-corrected chi connectivity index (χ3v) is 4.18. The van der Waals surface area contributed by atoms with Gasteiger partial charge >= 0.3 is 0 Å². The molecule has 1 aromatic carbocycles. The van der Waals surface area contributed by atoms with Gasteiger partial charge in [-0.05, 0) is 24.1 Å². The highest BCUT2D eigenvalue weighted by Gasteiger charge is 2.14. The molecule has 0 aliphatic heterocycles. The van der Waals surface area contributed by atoms with E-state index in [4.69, 9.17) is 5.73 Å². The number of rotatable bonds is 4. The molecule has 1 aromatic rings. The Morgan fingerprint density at radius 1 is 1.41 bits per heavy atom. The lowest BCUT2D eigenvalue weighted by atomic mass is 10.1. The summed E-state index contributed by atoms with van der Waals surface area (Å²) in [6, 6.07) is 5.12. The molecule has 0 aliphatic carbocycles. The minimum absolute atomic E-state index is 0.00472. The number of nitrogens with two attached hydrogens (primary N) is 1. The Morgan fingerprint density at radius 3 is 2.59 bits per heavy atom. The van der Waals surface area contributed by atoms with E-state index in [-0.39, 0.29) is 16.6 Å². The molecule has 1 nitrogen and oxygen atoms in total. The lowest BCUT2D eigenvalue weighted by Crippen LogP contribution is -2.28. The van der Waals surface area contributed by atoms with Gasteiger partial charge < -0.3 is 5.73 Å². The molecule has 0 aliphatic rings. The Bertz CT molecular complexity index is 376. The van der Waals surface area contributed by atoms with Crippen molar-refractivity contribution < 1.29 is 4.39 Å². The molecule has 96 valence electrons. The van der Waals surface area contributed by atoms with Gasteiger partial charge in [-0.25, -0.2) is 4.39 Å². The quantitative estimate of drug-likeness (QED) is 0.908. The van der Waals surface area contributed by atoms with Crippen LogP contribution in [-0.4, -0.2) is 16.5 Å². The third kappa shape index (κ3) is 5.89. The molecule has 2 N–H and O–H groups in total. The summed E-state index contributed by atoms with van der Waals surface area (Å²) in [5.41, 5.74) is 6.71. The average Bonchev–Trinajstić information content (AvgIpc) is 2.18. The fraction of sp³-hybridized carbons (Fsp3) is 0.538. The van der Waals surface area contributed by atoms with Crippen LogP contribution in [0.4, 0.5) is 4.39 Å². The summed E-state index contributed by atoms with van der Waals surface area (Å²) in [5, 5.41) is 0. The summed E-state index contributed by atoms with van der Waals surface area (Å²) in [6.45, 7) is 6.47. The monoisotopic (exact) mass is 319 g/mol. The average molecular weight is 320 g/mol. The molecule has 0 saturated heterocycles. The highest BCUT2D eigenvalue weighted by atomic mass is 79.9. The van der Waals surface area contributed by atoms with Crippen molar-refractivity contribution in [3.63, 3.8) is 0 Å². The first-order valence-corrected chi connectivity index (χ1v) is 7.39. The van der Waals surface area contributed by atoms with Crippen molar-refractivity contribution in [3.8, 4) is 0 Å². The first-order valence-electron chi connectivity index (χ1n) is 5.61. The van der Waals surface area contributed by atoms with Crippen LogP contribution in [0.25, 0.3) is 0 Å². The summed E-state index contributed by atoms with van der Waals surface area (Å²) in [4.78, 5) is 0. The van der Waals surface area contributed by atoms with E-state index in [1.54, 1.807) is 6.07 Å². The smallest absolute Gasteiger partial charge is 0.127 e. The normalized spacial score (nSPS) is 13.8. The Morgan fingerprint density at radius 2 is 2.06 bits per heavy atom. The number of benzene rings is 1. The van der Waals surface area contributed by atoms with Gasteiger partial charge in [0, 0.05) is 21.0 Å². The van der Waals surface area contributed by atoms with Crippen molar-refractivity contribution in [2.45, 2.75) is 38.0 Å². The minimum Gasteiger partial charge on any atom is -0.327 e. The van der Waals surface area contributed by atoms with E-state index in [1.165, 1.54) is 6.07 Å². The second-order valence-corrected chi connectivity index (χ2v) is 7.89. The zero-order valence-electron chi connectivity index (χ0n) is 10.5. The van der Waals surface area contributed by atoms with Crippen LogP contribution in [0.2, 0.25) is 0 Å². The van der Waals surface area contributed by atoms with Crippen LogP contribution in [0.1, 0.15) is 26.3 Å². The van der Waals surface area contributed by atoms with E-state index in [0.717, 1.165) is 10.2 Å². The van der Waals surface area contributed by atoms with Gasteiger partial charge in [-0.3, -0.25) is 0 Å². The molecular weight excluding hydrogens is 301 g/mol. The Balaban J connectivity index is 2.53. The number of hydrogen-bond acceptors (Lipinski definition) is 2. The van der Waals surface area contributed by atoms with Gasteiger partial charge in [0.15, 0.2) is 0 Å². The van der Waals surface area contributed by atoms with Crippen LogP contribution in [0.3, 0.4) is 0 Å². The predicted octanol–water partition coefficient (Wildman–Crippen LogP) is 3.99. The van der Waals surface area contributed by atoms with Gasteiger partial charge in [-0.2, -0.15) is 11.8 Å². The molecule has 0 radical (unpaired) electrons. The lowest BCUT2D eigenvalue weighted by Gasteiger charge is -2.20. The minimum atomic E-state index is -0.185. The van der Waals surface area contributed by atoms with E-state index in [2.05, 4.69) is 36.7 Å². The summed E-state index contributed by atoms with van der Waals surface area (Å²) in [5.74, 6) is 0.662. The Hall–Kier alpha value is -0.0600. The maximum atomic E-state index is 13.6. The number of thioether (sulfide) groups is 1. The summed E-state index contributed by atoms with van der Waals surface area (Å²) in [7, 11) is 0. The Kier molecular flexibility index (Phi) is 5.48. The fourth-order valence-electron chi connectivity index (χ4n) is 1.39. The van der Waals surface area contributed by atoms with E-state index < -0.39 is 0 Å². The molecule has 1 unspecified atom stereocenters. The molecule has 0 heterocycles. The van der Waals surface area contributed by atoms with Crippen molar-refractivity contribution >= 4 is 27.7 Å². The molecule has 0 bridgehead atoms. The fourth-order valence-corrected chi connectivity index (χ4v) is 2.55. The topological polar surface area (TPSA) is 26.0 Å². The van der Waals surface area contributed by atoms with Crippen LogP contribution >= 0.6 is 27.7 Å². The van der Waals surface area contributed by atoms with Crippen LogP contribution in [0.15, 0.2) is 22.7 Å². The summed E-state index contributed by atoms with van der Waals surface area (Å²) >= 11 is 5.06. The zero-order valence-corrected chi connectivity index (χ0v) is 12.9. The van der Waals surface area contributed by atoms with E-state index in [1.807, 2.05) is 17.8 Å². The highest BCUT2D eigenvalue weighted by Crippen LogP contribution is 2.24. The van der Waals surface area contributed by atoms with Crippen molar-refractivity contribution in [2.75, 3.05) is 5.75 Å². The largest absolute Gasteiger partial charge is 0.327 e. The molecule has 0 spiro atoms. The SMILES string of the molecule is CC(C)(C)SCC(N)Cc1ccc(Br)cc1F. The van der Waals surface area contributed by atoms with Crippen LogP contribution in [0.5, 0.6) is 0 Å². The molecule has 1 atom stereocenters. The van der Waals surface area contributed by atoms with Gasteiger partial charge in [-0.1, -0.05) is 42.8 Å². The number of hydrogen-bond donors (Lipinski definition) is 1. The molecule has 17 heavy (non-hydrogen) atoms. The second-order valence-electron chi connectivity index (χ2n) is 5.12. The molecule has 0 aromatic heterocycles. The van der Waals surface area contributed by atoms with Crippen molar-refractivity contribution in [1.29, 1.82) is 0 Å². The second kappa shape index (κ2) is 6.21. The van der Waals surface area contributed by atoms with Crippen molar-refractivity contribution in [1.82, 2.24) is 0 Å². The Labute approximate surface area is 115 Å². The van der Waals surface area contributed by atoms with Gasteiger partial charge in [0.05, 0.1) is 0 Å². The first-order chi connectivity index (χ1) is 7.78. The van der Waals surface area contributed by atoms with E-state index >= 15 is 0 Å². The predicted molar refractivity (Wildman–Crippen MR) is 78.0 cm³/mol. The standard InChI is InChI=1S/C13H19BrFNS/c1-13(2,3)17-8-11(16)6-9-4-5-10(14)7-12(9)15/h4-5,7,11H,6,8,16H2,1-3H3. The lowest BCUT2D eigenvalue weighted by molar-refractivity contribution is 0.596. The van der Waals surface area contributed by atoms with Gasteiger partial charge in [0.2, 0.25) is 0 Å². The van der Waals surface area contributed by atoms with Gasteiger partial charge in [-0.15, -0.1) is 0 Å². The molecular formula is C13H19BrFNS. The van der Waals surface area contributed by atoms with E-state index in [9.17, 15) is 4.39 Å². The number of halogens is 2. The zero-order chi connectivity index (χ0) is 13.1. The molecule has 0 saturated carbocycles. The maximum absolute atomic E-state index is 13.6. The maximum Gasteiger partial charge on any atom is 0.127 e. The van der Waals surface area contributed by atoms with Gasteiger partial charge in [0.25, 0.3) is 0 Å². The van der Waals surface area contributed by atoms with Crippen LogP contribution in [-0.2, 0) is 6.42 Å². The molecule has 0 fully saturated rings. The van der Waals surface area contributed by atoms with Crippen molar-refractivity contribution in [3.05, 3.63) is 34.1 Å². The summed E-state index contributed by atoms with van der Waals surface area (Å²) in [6.07, 6.45) is 0.586. The van der Waals surface area contributed by atoms with Crippen LogP contribution < -0.4 is 5.73 Å². The third-order valence-electron chi connectivity index (χ3n) is 2.23. The van der Waals surface area contributed by atoms with Gasteiger partial charge in [0.1, 0.15) is 5.82 Å². The van der Waals surface area contributed by atoms with Crippen LogP contribution in [0, 0.1) is 5.82 Å². The molecule has 1 rings (SSSR count). The molecule has 4 heteroatoms.